The largest absolute Gasteiger partial charge is 0.493 e. The summed E-state index contributed by atoms with van der Waals surface area (Å²) in [4.78, 5) is 8.68. The fourth-order valence-corrected chi connectivity index (χ4v) is 2.73. The quantitative estimate of drug-likeness (QED) is 0.705. The van der Waals surface area contributed by atoms with Crippen molar-refractivity contribution in [1.29, 1.82) is 0 Å². The van der Waals surface area contributed by atoms with Crippen molar-refractivity contribution in [2.75, 3.05) is 33.2 Å². The van der Waals surface area contributed by atoms with Crippen molar-refractivity contribution in [2.45, 2.75) is 13.3 Å². The molecule has 0 radical (unpaired) electrons. The molecule has 1 N–H and O–H groups in total. The van der Waals surface area contributed by atoms with Crippen molar-refractivity contribution in [2.24, 2.45) is 0 Å². The molecule has 7 heteroatoms. The molecule has 0 atom stereocenters. The molecule has 25 heavy (non-hydrogen) atoms. The number of hydrogen-bond acceptors (Lipinski definition) is 7. The number of nitrogens with one attached hydrogen (secondary N) is 1. The van der Waals surface area contributed by atoms with Crippen molar-refractivity contribution in [3.8, 4) is 17.2 Å². The molecule has 0 spiro atoms. The highest BCUT2D eigenvalue weighted by molar-refractivity contribution is 5.96. The van der Waals surface area contributed by atoms with Crippen LogP contribution in [0.2, 0.25) is 0 Å². The zero-order valence-corrected chi connectivity index (χ0v) is 14.8. The number of anilines is 1. The van der Waals surface area contributed by atoms with E-state index in [1.165, 1.54) is 6.33 Å². The summed E-state index contributed by atoms with van der Waals surface area (Å²) in [5, 5.41) is 4.12. The van der Waals surface area contributed by atoms with Gasteiger partial charge in [0, 0.05) is 13.0 Å². The molecular formula is C18H21N3O4. The molecule has 2 heterocycles. The van der Waals surface area contributed by atoms with Gasteiger partial charge in [0.05, 0.1) is 26.7 Å². The molecule has 0 unspecified atom stereocenters. The van der Waals surface area contributed by atoms with E-state index < -0.39 is 0 Å². The van der Waals surface area contributed by atoms with Crippen molar-refractivity contribution < 1.29 is 18.6 Å². The Morgan fingerprint density at radius 1 is 1.04 bits per heavy atom. The van der Waals surface area contributed by atoms with Crippen LogP contribution in [0.15, 0.2) is 28.9 Å². The number of fused-ring (bicyclic) bond motifs is 1. The zero-order chi connectivity index (χ0) is 17.8. The van der Waals surface area contributed by atoms with Crippen LogP contribution in [0.25, 0.3) is 10.9 Å². The molecule has 3 aromatic rings. The SMILES string of the molecule is COc1cc2c(NCCc3ccc(C)o3)ncnc2c(OC)c1OC. The summed E-state index contributed by atoms with van der Waals surface area (Å²) in [7, 11) is 4.72. The Kier molecular flexibility index (Phi) is 4.92. The third-order valence-electron chi connectivity index (χ3n) is 3.89. The first kappa shape index (κ1) is 16.9. The molecular weight excluding hydrogens is 322 g/mol. The summed E-state index contributed by atoms with van der Waals surface area (Å²) in [6.45, 7) is 2.61. The molecule has 0 saturated carbocycles. The molecule has 0 aliphatic carbocycles. The third-order valence-corrected chi connectivity index (χ3v) is 3.89. The fourth-order valence-electron chi connectivity index (χ4n) is 2.73. The van der Waals surface area contributed by atoms with E-state index in [-0.39, 0.29) is 0 Å². The van der Waals surface area contributed by atoms with Gasteiger partial charge >= 0.3 is 0 Å². The minimum absolute atomic E-state index is 0.508. The van der Waals surface area contributed by atoms with Gasteiger partial charge in [0.2, 0.25) is 5.75 Å². The van der Waals surface area contributed by atoms with Gasteiger partial charge in [0.15, 0.2) is 11.5 Å². The predicted molar refractivity (Wildman–Crippen MR) is 94.8 cm³/mol. The Bertz CT molecular complexity index is 876. The molecule has 0 bridgehead atoms. The van der Waals surface area contributed by atoms with Gasteiger partial charge in [-0.1, -0.05) is 0 Å². The highest BCUT2D eigenvalue weighted by Gasteiger charge is 2.19. The van der Waals surface area contributed by atoms with Gasteiger partial charge in [-0.25, -0.2) is 9.97 Å². The van der Waals surface area contributed by atoms with E-state index in [0.717, 1.165) is 23.3 Å². The lowest BCUT2D eigenvalue weighted by Crippen LogP contribution is -2.07. The van der Waals surface area contributed by atoms with E-state index >= 15 is 0 Å². The summed E-state index contributed by atoms with van der Waals surface area (Å²) in [6, 6.07) is 5.78. The summed E-state index contributed by atoms with van der Waals surface area (Å²) >= 11 is 0. The smallest absolute Gasteiger partial charge is 0.205 e. The Morgan fingerprint density at radius 2 is 1.84 bits per heavy atom. The van der Waals surface area contributed by atoms with Crippen LogP contribution in [0.1, 0.15) is 11.5 Å². The summed E-state index contributed by atoms with van der Waals surface area (Å²) in [6.07, 6.45) is 2.25. The first-order valence-corrected chi connectivity index (χ1v) is 7.90. The molecule has 2 aromatic heterocycles. The molecule has 1 aromatic carbocycles. The van der Waals surface area contributed by atoms with Crippen molar-refractivity contribution in [3.63, 3.8) is 0 Å². The number of nitrogens with zero attached hydrogens (tertiary/aromatic N) is 2. The first-order chi connectivity index (χ1) is 12.2. The Labute approximate surface area is 145 Å². The predicted octanol–water partition coefficient (Wildman–Crippen LogP) is 3.21. The Hall–Kier alpha value is -2.96. The lowest BCUT2D eigenvalue weighted by molar-refractivity contribution is 0.327. The number of benzene rings is 1. The van der Waals surface area contributed by atoms with E-state index in [9.17, 15) is 0 Å². The third kappa shape index (κ3) is 3.31. The van der Waals surface area contributed by atoms with Gasteiger partial charge in [0.25, 0.3) is 0 Å². The number of aromatic nitrogens is 2. The van der Waals surface area contributed by atoms with Gasteiger partial charge in [-0.3, -0.25) is 0 Å². The van der Waals surface area contributed by atoms with Crippen LogP contribution >= 0.6 is 0 Å². The normalized spacial score (nSPS) is 10.7. The number of ether oxygens (including phenoxy) is 3. The van der Waals surface area contributed by atoms with E-state index in [1.807, 2.05) is 25.1 Å². The van der Waals surface area contributed by atoms with E-state index in [0.29, 0.717) is 35.1 Å². The number of methoxy groups -OCH3 is 3. The van der Waals surface area contributed by atoms with Gasteiger partial charge < -0.3 is 23.9 Å². The minimum atomic E-state index is 0.508. The monoisotopic (exact) mass is 343 g/mol. The number of furan rings is 1. The first-order valence-electron chi connectivity index (χ1n) is 7.90. The maximum absolute atomic E-state index is 5.58. The van der Waals surface area contributed by atoms with E-state index in [2.05, 4.69) is 15.3 Å². The van der Waals surface area contributed by atoms with Gasteiger partial charge in [-0.2, -0.15) is 0 Å². The molecule has 7 nitrogen and oxygen atoms in total. The standard InChI is InChI=1S/C18H21N3O4/c1-11-5-6-12(25-11)7-8-19-18-13-9-14(22-2)16(23-3)17(24-4)15(13)20-10-21-18/h5-6,9-10H,7-8H2,1-4H3,(H,19,20,21). The average Bonchev–Trinajstić information content (AvgIpc) is 3.05. The maximum Gasteiger partial charge on any atom is 0.205 e. The van der Waals surface area contributed by atoms with Crippen LogP contribution < -0.4 is 19.5 Å². The number of rotatable bonds is 7. The van der Waals surface area contributed by atoms with Crippen LogP contribution in [0.5, 0.6) is 17.2 Å². The molecule has 0 aliphatic rings. The van der Waals surface area contributed by atoms with Crippen LogP contribution in [0.3, 0.4) is 0 Å². The molecule has 0 aliphatic heterocycles. The van der Waals surface area contributed by atoms with Gasteiger partial charge in [-0.15, -0.1) is 0 Å². The highest BCUT2D eigenvalue weighted by atomic mass is 16.5. The van der Waals surface area contributed by atoms with Crippen LogP contribution in [0, 0.1) is 6.92 Å². The number of aryl methyl sites for hydroxylation is 1. The fraction of sp³-hybridized carbons (Fsp3) is 0.333. The summed E-state index contributed by atoms with van der Waals surface area (Å²) in [5.74, 6) is 4.13. The van der Waals surface area contributed by atoms with Gasteiger partial charge in [0.1, 0.15) is 29.2 Å². The molecule has 0 saturated heterocycles. The van der Waals surface area contributed by atoms with Crippen LogP contribution in [-0.2, 0) is 6.42 Å². The van der Waals surface area contributed by atoms with Crippen molar-refractivity contribution in [3.05, 3.63) is 36.0 Å². The molecule has 0 amide bonds. The second-order valence-electron chi connectivity index (χ2n) is 5.45. The second kappa shape index (κ2) is 7.29. The minimum Gasteiger partial charge on any atom is -0.493 e. The second-order valence-corrected chi connectivity index (χ2v) is 5.45. The topological polar surface area (TPSA) is 78.6 Å². The van der Waals surface area contributed by atoms with Gasteiger partial charge in [-0.05, 0) is 25.1 Å². The molecule has 3 rings (SSSR count). The maximum atomic E-state index is 5.58. The summed E-state index contributed by atoms with van der Waals surface area (Å²) in [5.41, 5.74) is 0.659. The van der Waals surface area contributed by atoms with E-state index in [1.54, 1.807) is 21.3 Å². The lowest BCUT2D eigenvalue weighted by Gasteiger charge is -2.15. The summed E-state index contributed by atoms with van der Waals surface area (Å²) < 4.78 is 21.9. The zero-order valence-electron chi connectivity index (χ0n) is 14.8. The number of hydrogen-bond donors (Lipinski definition) is 1. The van der Waals surface area contributed by atoms with Crippen molar-refractivity contribution in [1.82, 2.24) is 9.97 Å². The average molecular weight is 343 g/mol. The lowest BCUT2D eigenvalue weighted by atomic mass is 10.1. The van der Waals surface area contributed by atoms with Crippen LogP contribution in [0.4, 0.5) is 5.82 Å². The van der Waals surface area contributed by atoms with Crippen LogP contribution in [-0.4, -0.2) is 37.8 Å². The molecule has 132 valence electrons. The molecule has 0 fully saturated rings. The van der Waals surface area contributed by atoms with Crippen molar-refractivity contribution >= 4 is 16.7 Å². The Morgan fingerprint density at radius 3 is 2.48 bits per heavy atom. The highest BCUT2D eigenvalue weighted by Crippen LogP contribution is 2.43. The van der Waals surface area contributed by atoms with E-state index in [4.69, 9.17) is 18.6 Å². The Balaban J connectivity index is 1.92.